The molecule has 162 valence electrons. The van der Waals surface area contributed by atoms with Gasteiger partial charge in [-0.15, -0.1) is 0 Å². The maximum Gasteiger partial charge on any atom is 0.256 e. The van der Waals surface area contributed by atoms with Crippen LogP contribution in [0.2, 0.25) is 0 Å². The van der Waals surface area contributed by atoms with E-state index < -0.39 is 0 Å². The molecule has 10 nitrogen and oxygen atoms in total. The molecular formula is C20H30N8O2. The Morgan fingerprint density at radius 1 is 1.03 bits per heavy atom. The quantitative estimate of drug-likeness (QED) is 0.298. The van der Waals surface area contributed by atoms with Crippen molar-refractivity contribution in [3.8, 4) is 0 Å². The first-order chi connectivity index (χ1) is 14.6. The number of amides is 2. The van der Waals surface area contributed by atoms with Gasteiger partial charge in [-0.25, -0.2) is 4.98 Å². The van der Waals surface area contributed by atoms with Gasteiger partial charge in [0.15, 0.2) is 0 Å². The number of aromatic nitrogens is 3. The minimum absolute atomic E-state index is 0.0426. The average molecular weight is 415 g/mol. The van der Waals surface area contributed by atoms with Gasteiger partial charge in [0.25, 0.3) is 5.91 Å². The maximum absolute atomic E-state index is 12.5. The number of nitrogens with zero attached hydrogens (tertiary/aromatic N) is 3. The van der Waals surface area contributed by atoms with E-state index >= 15 is 0 Å². The zero-order valence-corrected chi connectivity index (χ0v) is 17.3. The lowest BCUT2D eigenvalue weighted by Crippen LogP contribution is -2.33. The van der Waals surface area contributed by atoms with Crippen molar-refractivity contribution in [2.45, 2.75) is 26.2 Å². The number of hydrogen-bond donors (Lipinski definition) is 5. The first-order valence-electron chi connectivity index (χ1n) is 10.1. The molecule has 0 aromatic carbocycles. The van der Waals surface area contributed by atoms with E-state index in [-0.39, 0.29) is 18.4 Å². The molecule has 0 radical (unpaired) electrons. The fraction of sp³-hybridized carbons (Fsp3) is 0.450. The third kappa shape index (κ3) is 8.00. The number of nitrogens with one attached hydrogen (secondary N) is 4. The summed E-state index contributed by atoms with van der Waals surface area (Å²) in [6.45, 7) is 4.23. The molecule has 0 atom stereocenters. The van der Waals surface area contributed by atoms with E-state index in [1.807, 2.05) is 19.1 Å². The number of carbonyl (C=O) groups excluding carboxylic acids is 2. The molecule has 2 heterocycles. The monoisotopic (exact) mass is 414 g/mol. The van der Waals surface area contributed by atoms with Crippen molar-refractivity contribution in [3.05, 3.63) is 41.9 Å². The minimum atomic E-state index is -0.262. The van der Waals surface area contributed by atoms with Crippen LogP contribution in [-0.2, 0) is 11.2 Å². The molecule has 0 aliphatic carbocycles. The van der Waals surface area contributed by atoms with Crippen molar-refractivity contribution in [1.29, 1.82) is 0 Å². The zero-order valence-electron chi connectivity index (χ0n) is 17.3. The van der Waals surface area contributed by atoms with Gasteiger partial charge in [0.05, 0.1) is 6.54 Å². The van der Waals surface area contributed by atoms with Crippen molar-refractivity contribution in [2.75, 3.05) is 43.4 Å². The third-order valence-electron chi connectivity index (χ3n) is 4.17. The Kier molecular flexibility index (Phi) is 10.0. The van der Waals surface area contributed by atoms with Gasteiger partial charge < -0.3 is 27.0 Å². The lowest BCUT2D eigenvalue weighted by molar-refractivity contribution is -0.119. The predicted octanol–water partition coefficient (Wildman–Crippen LogP) is 0.543. The number of rotatable bonds is 13. The Labute approximate surface area is 176 Å². The standard InChI is InChI=1S/C20H30N8O2/c1-2-7-24-18-16(19(30)25-9-3-8-23-17(29)13-21)14-27-20(28-18)26-12-6-15-4-10-22-11-5-15/h4-5,10-11,14H,2-3,6-9,12-13,21H2,1H3,(H,23,29)(H,25,30)(H2,24,26,27,28). The summed E-state index contributed by atoms with van der Waals surface area (Å²) in [6.07, 6.45) is 7.36. The van der Waals surface area contributed by atoms with Crippen LogP contribution in [0.25, 0.3) is 0 Å². The molecule has 2 rings (SSSR count). The predicted molar refractivity (Wildman–Crippen MR) is 116 cm³/mol. The number of pyridine rings is 1. The second kappa shape index (κ2) is 13.0. The highest BCUT2D eigenvalue weighted by atomic mass is 16.2. The van der Waals surface area contributed by atoms with Gasteiger partial charge in [0.2, 0.25) is 11.9 Å². The van der Waals surface area contributed by atoms with Gasteiger partial charge in [-0.1, -0.05) is 6.92 Å². The highest BCUT2D eigenvalue weighted by Gasteiger charge is 2.14. The first-order valence-corrected chi connectivity index (χ1v) is 10.1. The highest BCUT2D eigenvalue weighted by molar-refractivity contribution is 5.98. The average Bonchev–Trinajstić information content (AvgIpc) is 2.78. The van der Waals surface area contributed by atoms with E-state index in [2.05, 4.69) is 36.2 Å². The van der Waals surface area contributed by atoms with Crippen LogP contribution in [-0.4, -0.2) is 59.5 Å². The van der Waals surface area contributed by atoms with Crippen molar-refractivity contribution < 1.29 is 9.59 Å². The van der Waals surface area contributed by atoms with Crippen LogP contribution in [0.3, 0.4) is 0 Å². The smallest absolute Gasteiger partial charge is 0.256 e. The first kappa shape index (κ1) is 23.0. The summed E-state index contributed by atoms with van der Waals surface area (Å²) in [4.78, 5) is 36.4. The van der Waals surface area contributed by atoms with Gasteiger partial charge in [-0.3, -0.25) is 14.6 Å². The van der Waals surface area contributed by atoms with Crippen LogP contribution < -0.4 is 27.0 Å². The van der Waals surface area contributed by atoms with Gasteiger partial charge in [-0.05, 0) is 37.0 Å². The lowest BCUT2D eigenvalue weighted by atomic mass is 10.2. The second-order valence-electron chi connectivity index (χ2n) is 6.58. The summed E-state index contributed by atoms with van der Waals surface area (Å²) in [5.74, 6) is 0.478. The van der Waals surface area contributed by atoms with Gasteiger partial charge in [0.1, 0.15) is 11.4 Å². The molecular weight excluding hydrogens is 384 g/mol. The fourth-order valence-electron chi connectivity index (χ4n) is 2.56. The molecule has 0 saturated heterocycles. The van der Waals surface area contributed by atoms with E-state index in [0.29, 0.717) is 49.9 Å². The number of carbonyl (C=O) groups is 2. The van der Waals surface area contributed by atoms with E-state index in [1.54, 1.807) is 12.4 Å². The van der Waals surface area contributed by atoms with Gasteiger partial charge in [0, 0.05) is 44.8 Å². The Bertz CT molecular complexity index is 801. The topological polar surface area (TPSA) is 147 Å². The molecule has 0 bridgehead atoms. The van der Waals surface area contributed by atoms with Crippen LogP contribution in [0, 0.1) is 0 Å². The lowest BCUT2D eigenvalue weighted by Gasteiger charge is -2.13. The molecule has 0 spiro atoms. The Morgan fingerprint density at radius 2 is 1.80 bits per heavy atom. The SMILES string of the molecule is CCCNc1nc(NCCc2ccncc2)ncc1C(=O)NCCCNC(=O)CN. The molecule has 2 aromatic rings. The van der Waals surface area contributed by atoms with Gasteiger partial charge in [-0.2, -0.15) is 4.98 Å². The second-order valence-corrected chi connectivity index (χ2v) is 6.58. The maximum atomic E-state index is 12.5. The molecule has 0 fully saturated rings. The fourth-order valence-corrected chi connectivity index (χ4v) is 2.56. The Balaban J connectivity index is 1.90. The molecule has 0 aliphatic rings. The molecule has 0 unspecified atom stereocenters. The van der Waals surface area contributed by atoms with Crippen molar-refractivity contribution in [2.24, 2.45) is 5.73 Å². The largest absolute Gasteiger partial charge is 0.369 e. The number of anilines is 2. The number of hydrogen-bond acceptors (Lipinski definition) is 8. The van der Waals surface area contributed by atoms with Crippen molar-refractivity contribution >= 4 is 23.6 Å². The summed E-state index contributed by atoms with van der Waals surface area (Å²) in [5, 5.41) is 11.9. The summed E-state index contributed by atoms with van der Waals surface area (Å²) in [5.41, 5.74) is 6.78. The number of nitrogens with two attached hydrogens (primary N) is 1. The van der Waals surface area contributed by atoms with Crippen molar-refractivity contribution in [3.63, 3.8) is 0 Å². The molecule has 10 heteroatoms. The van der Waals surface area contributed by atoms with Crippen LogP contribution >= 0.6 is 0 Å². The van der Waals surface area contributed by atoms with Crippen molar-refractivity contribution in [1.82, 2.24) is 25.6 Å². The molecule has 0 saturated carbocycles. The van der Waals surface area contributed by atoms with Crippen LogP contribution in [0.15, 0.2) is 30.7 Å². The van der Waals surface area contributed by atoms with Gasteiger partial charge >= 0.3 is 0 Å². The Morgan fingerprint density at radius 3 is 2.53 bits per heavy atom. The Hall–Kier alpha value is -3.27. The third-order valence-corrected chi connectivity index (χ3v) is 4.17. The van der Waals surface area contributed by atoms with E-state index in [4.69, 9.17) is 5.73 Å². The molecule has 6 N–H and O–H groups in total. The minimum Gasteiger partial charge on any atom is -0.369 e. The van der Waals surface area contributed by atoms with E-state index in [9.17, 15) is 9.59 Å². The zero-order chi connectivity index (χ0) is 21.6. The summed E-state index contributed by atoms with van der Waals surface area (Å²) >= 11 is 0. The van der Waals surface area contributed by atoms with Crippen LogP contribution in [0.1, 0.15) is 35.7 Å². The highest BCUT2D eigenvalue weighted by Crippen LogP contribution is 2.14. The summed E-state index contributed by atoms with van der Waals surface area (Å²) in [7, 11) is 0. The summed E-state index contributed by atoms with van der Waals surface area (Å²) < 4.78 is 0. The molecule has 0 aliphatic heterocycles. The van der Waals surface area contributed by atoms with E-state index in [1.165, 1.54) is 11.8 Å². The van der Waals surface area contributed by atoms with Crippen LogP contribution in [0.5, 0.6) is 0 Å². The molecule has 2 amide bonds. The molecule has 30 heavy (non-hydrogen) atoms. The van der Waals surface area contributed by atoms with Crippen LogP contribution in [0.4, 0.5) is 11.8 Å². The molecule has 2 aromatic heterocycles. The summed E-state index contributed by atoms with van der Waals surface area (Å²) in [6, 6.07) is 3.93. The van der Waals surface area contributed by atoms with E-state index in [0.717, 1.165) is 12.8 Å². The normalized spacial score (nSPS) is 10.3.